The fraction of sp³-hybridized carbons (Fsp3) is 0. The van der Waals surface area contributed by atoms with E-state index in [4.69, 9.17) is 0 Å². The topological polar surface area (TPSA) is 0 Å². The van der Waals surface area contributed by atoms with Gasteiger partial charge in [0.25, 0.3) is 0 Å². The summed E-state index contributed by atoms with van der Waals surface area (Å²) in [6, 6.07) is 67.1. The van der Waals surface area contributed by atoms with Gasteiger partial charge in [-0.3, -0.25) is 0 Å². The first-order valence-corrected chi connectivity index (χ1v) is 16.7. The molecular weight excluding hydrogens is 577 g/mol. The fourth-order valence-electron chi connectivity index (χ4n) is 7.92. The molecule has 222 valence electrons. The van der Waals surface area contributed by atoms with Gasteiger partial charge in [0.15, 0.2) is 0 Å². The quantitative estimate of drug-likeness (QED) is 0.175. The molecule has 0 heteroatoms. The summed E-state index contributed by atoms with van der Waals surface area (Å²) in [5.74, 6) is 0. The Morgan fingerprint density at radius 1 is 0.208 bits per heavy atom. The van der Waals surface area contributed by atoms with Gasteiger partial charge in [-0.25, -0.2) is 0 Å². The Bertz CT molecular complexity index is 2810. The van der Waals surface area contributed by atoms with Crippen LogP contribution in [0, 0.1) is 0 Å². The molecule has 0 N–H and O–H groups in total. The van der Waals surface area contributed by atoms with Crippen molar-refractivity contribution in [2.75, 3.05) is 0 Å². The monoisotopic (exact) mass is 606 g/mol. The molecule has 0 nitrogen and oxygen atoms in total. The summed E-state index contributed by atoms with van der Waals surface area (Å²) in [6.07, 6.45) is 0. The second-order valence-corrected chi connectivity index (χ2v) is 12.9. The van der Waals surface area contributed by atoms with Gasteiger partial charge in [0, 0.05) is 0 Å². The van der Waals surface area contributed by atoms with Gasteiger partial charge in [0.2, 0.25) is 0 Å². The van der Waals surface area contributed by atoms with Crippen LogP contribution in [-0.2, 0) is 0 Å². The van der Waals surface area contributed by atoms with Crippen LogP contribution in [0.25, 0.3) is 98.4 Å². The predicted molar refractivity (Wildman–Crippen MR) is 207 cm³/mol. The molecule has 0 aliphatic rings. The number of rotatable bonds is 4. The fourth-order valence-corrected chi connectivity index (χ4v) is 7.92. The SMILES string of the molecule is c1ccc(-c2ccc3ccc4c(-c5ccc(-c6cccc7ccccc67)cc5)ccc5ccc2c3c54)c(-c2ccc3ccccc3c2)c1. The lowest BCUT2D eigenvalue weighted by molar-refractivity contribution is 1.62. The molecule has 0 saturated carbocycles. The molecule has 48 heavy (non-hydrogen) atoms. The smallest absolute Gasteiger partial charge is 0.00203 e. The minimum absolute atomic E-state index is 1.23. The largest absolute Gasteiger partial charge is 0.0616 e. The Labute approximate surface area is 279 Å². The highest BCUT2D eigenvalue weighted by atomic mass is 14.2. The lowest BCUT2D eigenvalue weighted by atomic mass is 9.85. The number of hydrogen-bond donors (Lipinski definition) is 0. The second-order valence-electron chi connectivity index (χ2n) is 12.9. The first kappa shape index (κ1) is 26.9. The predicted octanol–water partition coefficient (Wildman–Crippen LogP) is 13.6. The highest BCUT2D eigenvalue weighted by Gasteiger charge is 2.17. The highest BCUT2D eigenvalue weighted by Crippen LogP contribution is 2.44. The third-order valence-corrected chi connectivity index (χ3v) is 10.2. The summed E-state index contributed by atoms with van der Waals surface area (Å²) in [5.41, 5.74) is 10.0. The average molecular weight is 607 g/mol. The maximum Gasteiger partial charge on any atom is -0.00203 e. The third-order valence-electron chi connectivity index (χ3n) is 10.2. The summed E-state index contributed by atoms with van der Waals surface area (Å²) in [4.78, 5) is 0. The van der Waals surface area contributed by atoms with Crippen molar-refractivity contribution < 1.29 is 0 Å². The van der Waals surface area contributed by atoms with Gasteiger partial charge in [-0.2, -0.15) is 0 Å². The summed E-state index contributed by atoms with van der Waals surface area (Å²) in [7, 11) is 0. The van der Waals surface area contributed by atoms with Gasteiger partial charge >= 0.3 is 0 Å². The summed E-state index contributed by atoms with van der Waals surface area (Å²) >= 11 is 0. The van der Waals surface area contributed by atoms with Crippen LogP contribution in [0.1, 0.15) is 0 Å². The van der Waals surface area contributed by atoms with Crippen LogP contribution in [0.2, 0.25) is 0 Å². The maximum atomic E-state index is 2.33. The van der Waals surface area contributed by atoms with Crippen LogP contribution < -0.4 is 0 Å². The molecule has 0 fully saturated rings. The molecule has 0 unspecified atom stereocenters. The van der Waals surface area contributed by atoms with Crippen molar-refractivity contribution in [3.05, 3.63) is 182 Å². The molecule has 10 rings (SSSR count). The van der Waals surface area contributed by atoms with Crippen LogP contribution in [0.15, 0.2) is 182 Å². The van der Waals surface area contributed by atoms with Gasteiger partial charge < -0.3 is 0 Å². The van der Waals surface area contributed by atoms with E-state index in [0.29, 0.717) is 0 Å². The molecule has 0 aromatic heterocycles. The zero-order valence-electron chi connectivity index (χ0n) is 26.3. The van der Waals surface area contributed by atoms with E-state index in [1.54, 1.807) is 0 Å². The van der Waals surface area contributed by atoms with E-state index in [9.17, 15) is 0 Å². The van der Waals surface area contributed by atoms with Crippen LogP contribution in [-0.4, -0.2) is 0 Å². The van der Waals surface area contributed by atoms with Crippen molar-refractivity contribution in [2.24, 2.45) is 0 Å². The normalized spacial score (nSPS) is 11.8. The first-order chi connectivity index (χ1) is 23.8. The maximum absolute atomic E-state index is 2.33. The summed E-state index contributed by atoms with van der Waals surface area (Å²) in [5, 5.41) is 12.9. The van der Waals surface area contributed by atoms with Crippen LogP contribution in [0.4, 0.5) is 0 Å². The van der Waals surface area contributed by atoms with Gasteiger partial charge in [0.1, 0.15) is 0 Å². The van der Waals surface area contributed by atoms with Gasteiger partial charge in [-0.05, 0) is 104 Å². The van der Waals surface area contributed by atoms with Crippen molar-refractivity contribution in [3.8, 4) is 44.5 Å². The number of benzene rings is 10. The van der Waals surface area contributed by atoms with E-state index in [0.717, 1.165) is 0 Å². The molecule has 0 aliphatic carbocycles. The average Bonchev–Trinajstić information content (AvgIpc) is 3.16. The van der Waals surface area contributed by atoms with Crippen molar-refractivity contribution in [2.45, 2.75) is 0 Å². The van der Waals surface area contributed by atoms with E-state index >= 15 is 0 Å². The summed E-state index contributed by atoms with van der Waals surface area (Å²) < 4.78 is 0. The first-order valence-electron chi connectivity index (χ1n) is 16.7. The summed E-state index contributed by atoms with van der Waals surface area (Å²) in [6.45, 7) is 0. The standard InChI is InChI=1S/C48H30/c1-2-10-37-30-38(21-16-31(37)8-1)41-13-5-6-14-43(41)44-27-23-36-24-28-45-42(26-22-35-25-29-46(44)48(36)47(35)45)34-19-17-33(18-20-34)40-15-7-11-32-9-3-4-12-39(32)40/h1-30H. The lowest BCUT2D eigenvalue weighted by Gasteiger charge is -2.18. The molecule has 10 aromatic rings. The number of fused-ring (bicyclic) bond motifs is 2. The lowest BCUT2D eigenvalue weighted by Crippen LogP contribution is -1.91. The zero-order valence-corrected chi connectivity index (χ0v) is 26.3. The van der Waals surface area contributed by atoms with E-state index in [2.05, 4.69) is 182 Å². The van der Waals surface area contributed by atoms with Gasteiger partial charge in [-0.1, -0.05) is 176 Å². The molecule has 0 amide bonds. The Kier molecular flexibility index (Phi) is 5.98. The molecule has 0 atom stereocenters. The molecule has 10 aromatic carbocycles. The van der Waals surface area contributed by atoms with E-state index in [-0.39, 0.29) is 0 Å². The Balaban J connectivity index is 1.13. The number of hydrogen-bond acceptors (Lipinski definition) is 0. The molecule has 0 bridgehead atoms. The minimum atomic E-state index is 1.23. The van der Waals surface area contributed by atoms with E-state index < -0.39 is 0 Å². The Morgan fingerprint density at radius 3 is 1.44 bits per heavy atom. The highest BCUT2D eigenvalue weighted by molar-refractivity contribution is 6.28. The molecule has 0 radical (unpaired) electrons. The van der Waals surface area contributed by atoms with Gasteiger partial charge in [0.05, 0.1) is 0 Å². The van der Waals surface area contributed by atoms with E-state index in [1.807, 2.05) is 0 Å². The van der Waals surface area contributed by atoms with Crippen LogP contribution >= 0.6 is 0 Å². The third kappa shape index (κ3) is 4.16. The molecule has 0 aliphatic heterocycles. The minimum Gasteiger partial charge on any atom is -0.0616 e. The van der Waals surface area contributed by atoms with Crippen molar-refractivity contribution >= 4 is 53.9 Å². The van der Waals surface area contributed by atoms with Crippen molar-refractivity contribution in [1.82, 2.24) is 0 Å². The second kappa shape index (κ2) is 10.7. The van der Waals surface area contributed by atoms with Crippen LogP contribution in [0.3, 0.4) is 0 Å². The molecular formula is C48H30. The van der Waals surface area contributed by atoms with E-state index in [1.165, 1.54) is 98.4 Å². The van der Waals surface area contributed by atoms with Crippen molar-refractivity contribution in [3.63, 3.8) is 0 Å². The van der Waals surface area contributed by atoms with Gasteiger partial charge in [-0.15, -0.1) is 0 Å². The molecule has 0 spiro atoms. The van der Waals surface area contributed by atoms with Crippen molar-refractivity contribution in [1.29, 1.82) is 0 Å². The Hall–Kier alpha value is -6.24. The zero-order chi connectivity index (χ0) is 31.6. The van der Waals surface area contributed by atoms with Crippen LogP contribution in [0.5, 0.6) is 0 Å². The Morgan fingerprint density at radius 2 is 0.688 bits per heavy atom. The molecule has 0 saturated heterocycles. The molecule has 0 heterocycles.